The molecule has 0 bridgehead atoms. The summed E-state index contributed by atoms with van der Waals surface area (Å²) in [5.74, 6) is 0.782. The smallest absolute Gasteiger partial charge is 0.416 e. The van der Waals surface area contributed by atoms with E-state index >= 15 is 0 Å². The molecule has 8 heteroatoms. The summed E-state index contributed by atoms with van der Waals surface area (Å²) >= 11 is 0. The monoisotopic (exact) mass is 542 g/mol. The fourth-order valence-electron chi connectivity index (χ4n) is 4.74. The van der Waals surface area contributed by atoms with Crippen LogP contribution in [0, 0.1) is 0 Å². The molecular formula is C31H37F3N2O3. The standard InChI is InChI=1S/C31H37F3N2O3/c1-20(2)22-12-15-28(39-6)26(17-22)25-14-13-24(31(32,33)34)16-23(25)18-35-19-27(21-10-8-7-9-11-21)36(29(37)38)30(3,4)5/h7-17,20,27,35H,18-19H2,1-6H3,(H,37,38)/t27-/m0/s1. The predicted octanol–water partition coefficient (Wildman–Crippen LogP) is 8.11. The van der Waals surface area contributed by atoms with Crippen molar-refractivity contribution >= 4 is 6.09 Å². The van der Waals surface area contributed by atoms with E-state index in [-0.39, 0.29) is 19.0 Å². The molecule has 0 saturated carbocycles. The van der Waals surface area contributed by atoms with E-state index in [1.54, 1.807) is 0 Å². The number of hydrogen-bond acceptors (Lipinski definition) is 3. The van der Waals surface area contributed by atoms with Crippen molar-refractivity contribution in [2.24, 2.45) is 0 Å². The molecule has 0 aromatic heterocycles. The lowest BCUT2D eigenvalue weighted by molar-refractivity contribution is -0.137. The van der Waals surface area contributed by atoms with E-state index in [0.717, 1.165) is 23.3 Å². The Morgan fingerprint density at radius 3 is 2.15 bits per heavy atom. The minimum atomic E-state index is -4.50. The first kappa shape index (κ1) is 30.0. The predicted molar refractivity (Wildman–Crippen MR) is 148 cm³/mol. The van der Waals surface area contributed by atoms with Crippen LogP contribution in [0.25, 0.3) is 11.1 Å². The molecule has 1 atom stereocenters. The van der Waals surface area contributed by atoms with Gasteiger partial charge in [0.25, 0.3) is 0 Å². The van der Waals surface area contributed by atoms with Gasteiger partial charge in [-0.1, -0.05) is 56.3 Å². The van der Waals surface area contributed by atoms with Crippen LogP contribution in [0.4, 0.5) is 18.0 Å². The van der Waals surface area contributed by atoms with Crippen molar-refractivity contribution < 1.29 is 27.8 Å². The molecule has 39 heavy (non-hydrogen) atoms. The lowest BCUT2D eigenvalue weighted by atomic mass is 9.92. The van der Waals surface area contributed by atoms with Gasteiger partial charge in [0, 0.05) is 24.2 Å². The van der Waals surface area contributed by atoms with Crippen LogP contribution in [0.2, 0.25) is 0 Å². The largest absolute Gasteiger partial charge is 0.496 e. The second-order valence-corrected chi connectivity index (χ2v) is 10.9. The van der Waals surface area contributed by atoms with E-state index in [9.17, 15) is 23.1 Å². The number of amides is 1. The number of hydrogen-bond donors (Lipinski definition) is 2. The fraction of sp³-hybridized carbons (Fsp3) is 0.387. The molecule has 2 N–H and O–H groups in total. The number of methoxy groups -OCH3 is 1. The van der Waals surface area contributed by atoms with Crippen LogP contribution >= 0.6 is 0 Å². The van der Waals surface area contributed by atoms with Crippen LogP contribution in [-0.2, 0) is 12.7 Å². The Labute approximate surface area is 228 Å². The van der Waals surface area contributed by atoms with Crippen LogP contribution in [0.15, 0.2) is 66.7 Å². The van der Waals surface area contributed by atoms with Gasteiger partial charge in [-0.2, -0.15) is 13.2 Å². The lowest BCUT2D eigenvalue weighted by Crippen LogP contribution is -2.49. The van der Waals surface area contributed by atoms with E-state index in [1.807, 2.05) is 83.1 Å². The number of nitrogens with one attached hydrogen (secondary N) is 1. The summed E-state index contributed by atoms with van der Waals surface area (Å²) in [5, 5.41) is 13.3. The molecule has 3 rings (SSSR count). The molecule has 5 nitrogen and oxygen atoms in total. The lowest BCUT2D eigenvalue weighted by Gasteiger charge is -2.40. The van der Waals surface area contributed by atoms with Gasteiger partial charge in [0.1, 0.15) is 5.75 Å². The molecule has 210 valence electrons. The number of nitrogens with zero attached hydrogens (tertiary/aromatic N) is 1. The maximum Gasteiger partial charge on any atom is 0.416 e. The van der Waals surface area contributed by atoms with Crippen molar-refractivity contribution in [1.82, 2.24) is 10.2 Å². The van der Waals surface area contributed by atoms with Crippen molar-refractivity contribution in [2.45, 2.75) is 64.8 Å². The topological polar surface area (TPSA) is 61.8 Å². The van der Waals surface area contributed by atoms with Crippen molar-refractivity contribution in [3.05, 3.63) is 89.0 Å². The average molecular weight is 543 g/mol. The zero-order chi connectivity index (χ0) is 29.0. The second-order valence-electron chi connectivity index (χ2n) is 10.9. The molecule has 1 amide bonds. The first-order chi connectivity index (χ1) is 18.2. The molecule has 0 saturated heterocycles. The molecule has 0 spiro atoms. The van der Waals surface area contributed by atoms with Crippen molar-refractivity contribution in [1.29, 1.82) is 0 Å². The first-order valence-corrected chi connectivity index (χ1v) is 12.9. The molecule has 3 aromatic carbocycles. The first-order valence-electron chi connectivity index (χ1n) is 12.9. The van der Waals surface area contributed by atoms with Gasteiger partial charge in [0.2, 0.25) is 0 Å². The molecule has 0 aliphatic rings. The number of rotatable bonds is 9. The third-order valence-electron chi connectivity index (χ3n) is 6.69. The van der Waals surface area contributed by atoms with Crippen LogP contribution in [-0.4, -0.2) is 35.3 Å². The highest BCUT2D eigenvalue weighted by Gasteiger charge is 2.34. The van der Waals surface area contributed by atoms with Gasteiger partial charge in [-0.15, -0.1) is 0 Å². The summed E-state index contributed by atoms with van der Waals surface area (Å²) in [7, 11) is 1.54. The molecule has 0 heterocycles. The van der Waals surface area contributed by atoms with Gasteiger partial charge in [-0.25, -0.2) is 4.79 Å². The van der Waals surface area contributed by atoms with E-state index in [4.69, 9.17) is 4.74 Å². The van der Waals surface area contributed by atoms with Gasteiger partial charge in [0.15, 0.2) is 0 Å². The number of carbonyl (C=O) groups is 1. The summed E-state index contributed by atoms with van der Waals surface area (Å²) in [5.41, 5.74) is 2.14. The number of benzene rings is 3. The third kappa shape index (κ3) is 7.32. The Bertz CT molecular complexity index is 1270. The maximum absolute atomic E-state index is 13.7. The summed E-state index contributed by atoms with van der Waals surface area (Å²) in [6.45, 7) is 9.84. The molecule has 0 fully saturated rings. The Hall–Kier alpha value is -3.52. The Morgan fingerprint density at radius 2 is 1.62 bits per heavy atom. The minimum absolute atomic E-state index is 0.0925. The molecule has 3 aromatic rings. The number of carboxylic acid groups (broad SMARTS) is 1. The Balaban J connectivity index is 2.03. The summed E-state index contributed by atoms with van der Waals surface area (Å²) < 4.78 is 46.7. The van der Waals surface area contributed by atoms with Gasteiger partial charge >= 0.3 is 12.3 Å². The zero-order valence-corrected chi connectivity index (χ0v) is 23.3. The van der Waals surface area contributed by atoms with Crippen LogP contribution in [0.1, 0.15) is 68.8 Å². The zero-order valence-electron chi connectivity index (χ0n) is 23.3. The molecule has 0 radical (unpaired) electrons. The molecular weight excluding hydrogens is 505 g/mol. The Kier molecular flexibility index (Phi) is 9.33. The second kappa shape index (κ2) is 12.1. The van der Waals surface area contributed by atoms with Crippen LogP contribution in [0.5, 0.6) is 5.75 Å². The van der Waals surface area contributed by atoms with Crippen molar-refractivity contribution in [3.63, 3.8) is 0 Å². The number of ether oxygens (including phenoxy) is 1. The SMILES string of the molecule is COc1ccc(C(C)C)cc1-c1ccc(C(F)(F)F)cc1CNC[C@@H](c1ccccc1)N(C(=O)O)C(C)(C)C. The average Bonchev–Trinajstić information content (AvgIpc) is 2.86. The maximum atomic E-state index is 13.7. The summed E-state index contributed by atoms with van der Waals surface area (Å²) in [6, 6.07) is 18.1. The van der Waals surface area contributed by atoms with E-state index < -0.39 is 29.4 Å². The van der Waals surface area contributed by atoms with Crippen molar-refractivity contribution in [2.75, 3.05) is 13.7 Å². The normalized spacial score (nSPS) is 12.9. The highest BCUT2D eigenvalue weighted by Crippen LogP contribution is 2.38. The summed E-state index contributed by atoms with van der Waals surface area (Å²) in [6.07, 6.45) is -5.58. The van der Waals surface area contributed by atoms with Gasteiger partial charge in [0.05, 0.1) is 18.7 Å². The highest BCUT2D eigenvalue weighted by atomic mass is 19.4. The minimum Gasteiger partial charge on any atom is -0.496 e. The number of halogens is 3. The van der Waals surface area contributed by atoms with Gasteiger partial charge in [-0.3, -0.25) is 4.90 Å². The third-order valence-corrected chi connectivity index (χ3v) is 6.69. The van der Waals surface area contributed by atoms with Crippen LogP contribution < -0.4 is 10.1 Å². The highest BCUT2D eigenvalue weighted by molar-refractivity contribution is 5.75. The molecule has 0 aliphatic heterocycles. The fourth-order valence-corrected chi connectivity index (χ4v) is 4.74. The summed E-state index contributed by atoms with van der Waals surface area (Å²) in [4.78, 5) is 13.7. The Morgan fingerprint density at radius 1 is 0.949 bits per heavy atom. The van der Waals surface area contributed by atoms with Crippen molar-refractivity contribution in [3.8, 4) is 16.9 Å². The van der Waals surface area contributed by atoms with E-state index in [0.29, 0.717) is 22.4 Å². The van der Waals surface area contributed by atoms with Gasteiger partial charge < -0.3 is 15.2 Å². The number of alkyl halides is 3. The molecule has 0 aliphatic carbocycles. The molecule has 0 unspecified atom stereocenters. The quantitative estimate of drug-likeness (QED) is 0.287. The van der Waals surface area contributed by atoms with E-state index in [2.05, 4.69) is 5.32 Å². The van der Waals surface area contributed by atoms with E-state index in [1.165, 1.54) is 18.1 Å². The van der Waals surface area contributed by atoms with Crippen LogP contribution in [0.3, 0.4) is 0 Å². The van der Waals surface area contributed by atoms with Gasteiger partial charge in [-0.05, 0) is 73.2 Å².